The number of rotatable bonds is 7. The van der Waals surface area contributed by atoms with Crippen LogP contribution >= 0.6 is 0 Å². The number of alkyl halides is 3. The highest BCUT2D eigenvalue weighted by Gasteiger charge is 2.33. The number of likely N-dealkylation sites (N-methyl/N-ethyl adjacent to an activating group) is 1. The molecule has 0 N–H and O–H groups in total. The van der Waals surface area contributed by atoms with Gasteiger partial charge < -0.3 is 19.4 Å². The Morgan fingerprint density at radius 3 is 2.05 bits per heavy atom. The molecule has 0 unspecified atom stereocenters. The molecule has 0 radical (unpaired) electrons. The Hall–Kier alpha value is -4.34. The number of nitrogens with zero attached hydrogens (tertiary/aromatic N) is 3. The van der Waals surface area contributed by atoms with Gasteiger partial charge in [-0.1, -0.05) is 36.4 Å². The summed E-state index contributed by atoms with van der Waals surface area (Å²) in [6.45, 7) is 7.25. The molecule has 3 aromatic carbocycles. The molecule has 1 heterocycles. The highest BCUT2D eigenvalue weighted by Crippen LogP contribution is 2.30. The van der Waals surface area contributed by atoms with E-state index in [9.17, 15) is 27.6 Å². The highest BCUT2D eigenvalue weighted by atomic mass is 19.4. The van der Waals surface area contributed by atoms with E-state index in [1.165, 1.54) is 26.8 Å². The number of hydrogen-bond acceptors (Lipinski definition) is 4. The predicted octanol–water partition coefficient (Wildman–Crippen LogP) is 5.93. The molecule has 44 heavy (non-hydrogen) atoms. The van der Waals surface area contributed by atoms with Crippen LogP contribution in [-0.2, 0) is 28.9 Å². The Balaban J connectivity index is 1.30. The zero-order valence-electron chi connectivity index (χ0n) is 25.7. The maximum absolute atomic E-state index is 13.1. The minimum absolute atomic E-state index is 0.159. The number of carbonyl (C=O) groups is 3. The molecule has 0 bridgehead atoms. The van der Waals surface area contributed by atoms with Crippen LogP contribution in [0.1, 0.15) is 56.6 Å². The van der Waals surface area contributed by atoms with Gasteiger partial charge in [-0.2, -0.15) is 13.2 Å². The third kappa shape index (κ3) is 7.59. The minimum atomic E-state index is -4.47. The first-order valence-electron chi connectivity index (χ1n) is 14.5. The van der Waals surface area contributed by atoms with Crippen molar-refractivity contribution >= 4 is 17.7 Å². The third-order valence-corrected chi connectivity index (χ3v) is 8.18. The summed E-state index contributed by atoms with van der Waals surface area (Å²) < 4.78 is 44.7. The van der Waals surface area contributed by atoms with Gasteiger partial charge in [0.1, 0.15) is 12.4 Å². The molecule has 0 aliphatic carbocycles. The molecule has 0 atom stereocenters. The van der Waals surface area contributed by atoms with Crippen LogP contribution in [-0.4, -0.2) is 65.6 Å². The summed E-state index contributed by atoms with van der Waals surface area (Å²) in [5.41, 5.74) is 4.38. The molecule has 1 saturated heterocycles. The number of carbonyl (C=O) groups excluding carboxylic acids is 3. The van der Waals surface area contributed by atoms with Crippen molar-refractivity contribution in [1.82, 2.24) is 14.7 Å². The lowest BCUT2D eigenvalue weighted by atomic mass is 10.0. The van der Waals surface area contributed by atoms with Crippen LogP contribution in [0.5, 0.6) is 5.75 Å². The van der Waals surface area contributed by atoms with Gasteiger partial charge in [0.25, 0.3) is 5.91 Å². The number of halogens is 3. The molecular weight excluding hydrogens is 571 g/mol. The van der Waals surface area contributed by atoms with Gasteiger partial charge in [0.2, 0.25) is 0 Å². The average Bonchev–Trinajstić information content (AvgIpc) is 2.99. The SMILES string of the molecule is Cc1ccccc1COc1c(C)cc(CN(C)C(=O)C(=O)N2CCC(N(C)C(=O)c3ccc(C(F)(F)F)cc3)CC2)cc1C. The van der Waals surface area contributed by atoms with Crippen LogP contribution in [0.25, 0.3) is 0 Å². The lowest BCUT2D eigenvalue weighted by Crippen LogP contribution is -2.50. The van der Waals surface area contributed by atoms with Gasteiger partial charge in [0.05, 0.1) is 5.56 Å². The first-order chi connectivity index (χ1) is 20.8. The molecule has 3 amide bonds. The van der Waals surface area contributed by atoms with Crippen molar-refractivity contribution in [2.45, 2.75) is 59.0 Å². The standard InChI is InChI=1S/C34H38F3N3O4/c1-22-8-6-7-9-27(22)21-44-30-23(2)18-25(19-24(30)3)20-38(4)32(42)33(43)40-16-14-29(15-17-40)39(5)31(41)26-10-12-28(13-11-26)34(35,36)37/h6-13,18-19,29H,14-17,20-21H2,1-5H3. The van der Waals surface area contributed by atoms with E-state index >= 15 is 0 Å². The van der Waals surface area contributed by atoms with Gasteiger partial charge in [-0.3, -0.25) is 14.4 Å². The Morgan fingerprint density at radius 1 is 0.886 bits per heavy atom. The van der Waals surface area contributed by atoms with Gasteiger partial charge >= 0.3 is 18.0 Å². The van der Waals surface area contributed by atoms with Crippen LogP contribution in [0.15, 0.2) is 60.7 Å². The minimum Gasteiger partial charge on any atom is -0.488 e. The second-order valence-corrected chi connectivity index (χ2v) is 11.4. The number of ether oxygens (including phenoxy) is 1. The number of aryl methyl sites for hydroxylation is 3. The van der Waals surface area contributed by atoms with E-state index < -0.39 is 29.5 Å². The smallest absolute Gasteiger partial charge is 0.416 e. The lowest BCUT2D eigenvalue weighted by Gasteiger charge is -2.37. The summed E-state index contributed by atoms with van der Waals surface area (Å²) in [4.78, 5) is 43.4. The zero-order valence-corrected chi connectivity index (χ0v) is 25.7. The largest absolute Gasteiger partial charge is 0.488 e. The fourth-order valence-electron chi connectivity index (χ4n) is 5.55. The van der Waals surface area contributed by atoms with Gasteiger partial charge in [0.15, 0.2) is 0 Å². The Kier molecular flexibility index (Phi) is 10.0. The first-order valence-corrected chi connectivity index (χ1v) is 14.5. The topological polar surface area (TPSA) is 70.2 Å². The number of benzene rings is 3. The lowest BCUT2D eigenvalue weighted by molar-refractivity contribution is -0.152. The molecule has 0 aromatic heterocycles. The van der Waals surface area contributed by atoms with Crippen molar-refractivity contribution in [2.75, 3.05) is 27.2 Å². The molecule has 1 fully saturated rings. The van der Waals surface area contributed by atoms with Crippen molar-refractivity contribution in [3.05, 3.63) is 99.6 Å². The van der Waals surface area contributed by atoms with Crippen LogP contribution < -0.4 is 4.74 Å². The molecule has 234 valence electrons. The summed E-state index contributed by atoms with van der Waals surface area (Å²) in [6.07, 6.45) is -3.57. The number of likely N-dealkylation sites (tertiary alicyclic amines) is 1. The third-order valence-electron chi connectivity index (χ3n) is 8.18. The van der Waals surface area contributed by atoms with Crippen molar-refractivity contribution in [3.63, 3.8) is 0 Å². The van der Waals surface area contributed by atoms with E-state index in [1.54, 1.807) is 14.1 Å². The molecule has 7 nitrogen and oxygen atoms in total. The molecule has 0 spiro atoms. The summed E-state index contributed by atoms with van der Waals surface area (Å²) >= 11 is 0. The van der Waals surface area contributed by atoms with Gasteiger partial charge in [-0.05, 0) is 85.7 Å². The fraction of sp³-hybridized carbons (Fsp3) is 0.382. The second-order valence-electron chi connectivity index (χ2n) is 11.4. The molecule has 1 aliphatic rings. The zero-order chi connectivity index (χ0) is 32.2. The molecular formula is C34H38F3N3O4. The number of amides is 3. The summed E-state index contributed by atoms with van der Waals surface area (Å²) in [6, 6.07) is 15.9. The molecule has 3 aromatic rings. The second kappa shape index (κ2) is 13.5. The monoisotopic (exact) mass is 609 g/mol. The van der Waals surface area contributed by atoms with Crippen LogP contribution in [0.4, 0.5) is 13.2 Å². The highest BCUT2D eigenvalue weighted by molar-refractivity contribution is 6.34. The molecule has 10 heteroatoms. The quantitative estimate of drug-likeness (QED) is 0.312. The van der Waals surface area contributed by atoms with Gasteiger partial charge in [0, 0.05) is 45.3 Å². The van der Waals surface area contributed by atoms with Gasteiger partial charge in [-0.15, -0.1) is 0 Å². The fourth-order valence-corrected chi connectivity index (χ4v) is 5.55. The average molecular weight is 610 g/mol. The van der Waals surface area contributed by atoms with E-state index in [1.807, 2.05) is 57.2 Å². The summed E-state index contributed by atoms with van der Waals surface area (Å²) in [7, 11) is 3.20. The predicted molar refractivity (Wildman–Crippen MR) is 161 cm³/mol. The van der Waals surface area contributed by atoms with E-state index in [-0.39, 0.29) is 18.2 Å². The van der Waals surface area contributed by atoms with E-state index in [0.29, 0.717) is 32.5 Å². The molecule has 0 saturated carbocycles. The van der Waals surface area contributed by atoms with Crippen LogP contribution in [0.2, 0.25) is 0 Å². The summed E-state index contributed by atoms with van der Waals surface area (Å²) in [5, 5.41) is 0. The Labute approximate surface area is 256 Å². The maximum Gasteiger partial charge on any atom is 0.416 e. The maximum atomic E-state index is 13.1. The molecule has 1 aliphatic heterocycles. The van der Waals surface area contributed by atoms with E-state index in [2.05, 4.69) is 0 Å². The van der Waals surface area contributed by atoms with Crippen LogP contribution in [0, 0.1) is 20.8 Å². The normalized spacial score (nSPS) is 13.9. The van der Waals surface area contributed by atoms with E-state index in [4.69, 9.17) is 4.74 Å². The summed E-state index contributed by atoms with van der Waals surface area (Å²) in [5.74, 6) is -0.815. The van der Waals surface area contributed by atoms with Crippen molar-refractivity contribution in [2.24, 2.45) is 0 Å². The number of piperidine rings is 1. The van der Waals surface area contributed by atoms with Crippen LogP contribution in [0.3, 0.4) is 0 Å². The number of hydrogen-bond donors (Lipinski definition) is 0. The van der Waals surface area contributed by atoms with Crippen molar-refractivity contribution in [1.29, 1.82) is 0 Å². The van der Waals surface area contributed by atoms with E-state index in [0.717, 1.165) is 45.7 Å². The first kappa shape index (κ1) is 32.6. The van der Waals surface area contributed by atoms with Crippen molar-refractivity contribution in [3.8, 4) is 5.75 Å². The van der Waals surface area contributed by atoms with Crippen molar-refractivity contribution < 1.29 is 32.3 Å². The molecule has 4 rings (SSSR count). The Morgan fingerprint density at radius 2 is 1.48 bits per heavy atom. The van der Waals surface area contributed by atoms with Gasteiger partial charge in [-0.25, -0.2) is 0 Å². The Bertz CT molecular complexity index is 1490.